The smallest absolute Gasteiger partial charge is 0.273 e. The van der Waals surface area contributed by atoms with E-state index in [9.17, 15) is 4.79 Å². The van der Waals surface area contributed by atoms with Crippen LogP contribution >= 0.6 is 0 Å². The molecule has 0 spiro atoms. The number of carbonyl (C=O) groups is 1. The molecule has 6 nitrogen and oxygen atoms in total. The van der Waals surface area contributed by atoms with Gasteiger partial charge in [-0.3, -0.25) is 9.89 Å². The lowest BCUT2D eigenvalue weighted by Crippen LogP contribution is -2.38. The Hall–Kier alpha value is -1.56. The first-order chi connectivity index (χ1) is 8.09. The predicted octanol–water partition coefficient (Wildman–Crippen LogP) is 0.124. The maximum Gasteiger partial charge on any atom is 0.273 e. The summed E-state index contributed by atoms with van der Waals surface area (Å²) in [5.41, 5.74) is 7.21. The number of likely N-dealkylation sites (tertiary alicyclic amines) is 1. The van der Waals surface area contributed by atoms with Crippen molar-refractivity contribution in [3.8, 4) is 0 Å². The summed E-state index contributed by atoms with van der Waals surface area (Å²) in [5.74, 6) is -0.202. The average molecular weight is 237 g/mol. The SMILES string of the molecule is Cc1[nH]nc(C(=O)NCC2CCCN2C)c1N. The van der Waals surface area contributed by atoms with E-state index < -0.39 is 0 Å². The Morgan fingerprint density at radius 2 is 2.47 bits per heavy atom. The highest BCUT2D eigenvalue weighted by atomic mass is 16.1. The van der Waals surface area contributed by atoms with Crippen molar-refractivity contribution in [2.24, 2.45) is 0 Å². The summed E-state index contributed by atoms with van der Waals surface area (Å²) in [4.78, 5) is 14.1. The molecule has 1 saturated heterocycles. The second-order valence-corrected chi connectivity index (χ2v) is 4.60. The van der Waals surface area contributed by atoms with Gasteiger partial charge in [-0.05, 0) is 33.4 Å². The van der Waals surface area contributed by atoms with Gasteiger partial charge in [0.1, 0.15) is 0 Å². The third kappa shape index (κ3) is 2.41. The van der Waals surface area contributed by atoms with E-state index in [2.05, 4.69) is 27.5 Å². The molecule has 1 atom stereocenters. The van der Waals surface area contributed by atoms with Crippen molar-refractivity contribution in [3.05, 3.63) is 11.4 Å². The molecular formula is C11H19N5O. The molecule has 1 amide bonds. The number of nitrogen functional groups attached to an aromatic ring is 1. The van der Waals surface area contributed by atoms with Crippen molar-refractivity contribution in [2.75, 3.05) is 25.9 Å². The summed E-state index contributed by atoms with van der Waals surface area (Å²) in [6.45, 7) is 3.55. The molecule has 0 saturated carbocycles. The van der Waals surface area contributed by atoms with Crippen LogP contribution in [0.1, 0.15) is 29.0 Å². The molecule has 1 fully saturated rings. The number of aromatic amines is 1. The molecule has 94 valence electrons. The lowest BCUT2D eigenvalue weighted by molar-refractivity contribution is 0.0939. The van der Waals surface area contributed by atoms with E-state index in [1.165, 1.54) is 6.42 Å². The van der Waals surface area contributed by atoms with E-state index in [1.807, 2.05) is 0 Å². The number of rotatable bonds is 3. The Balaban J connectivity index is 1.91. The van der Waals surface area contributed by atoms with Crippen molar-refractivity contribution in [1.29, 1.82) is 0 Å². The van der Waals surface area contributed by atoms with Crippen LogP contribution in [0.5, 0.6) is 0 Å². The van der Waals surface area contributed by atoms with Crippen molar-refractivity contribution < 1.29 is 4.79 Å². The van der Waals surface area contributed by atoms with Gasteiger partial charge in [0.05, 0.1) is 11.4 Å². The topological polar surface area (TPSA) is 87.0 Å². The first-order valence-corrected chi connectivity index (χ1v) is 5.88. The number of H-pyrrole nitrogens is 1. The molecule has 17 heavy (non-hydrogen) atoms. The minimum atomic E-state index is -0.202. The molecular weight excluding hydrogens is 218 g/mol. The van der Waals surface area contributed by atoms with Gasteiger partial charge in [-0.1, -0.05) is 0 Å². The van der Waals surface area contributed by atoms with Crippen LogP contribution in [0.4, 0.5) is 5.69 Å². The van der Waals surface area contributed by atoms with E-state index in [-0.39, 0.29) is 5.91 Å². The first kappa shape index (κ1) is 11.9. The maximum atomic E-state index is 11.9. The summed E-state index contributed by atoms with van der Waals surface area (Å²) < 4.78 is 0. The van der Waals surface area contributed by atoms with Crippen LogP contribution in [0.15, 0.2) is 0 Å². The quantitative estimate of drug-likeness (QED) is 0.697. The zero-order valence-electron chi connectivity index (χ0n) is 10.3. The molecule has 0 radical (unpaired) electrons. The zero-order chi connectivity index (χ0) is 12.4. The Kier molecular flexibility index (Phi) is 3.33. The third-order valence-electron chi connectivity index (χ3n) is 3.38. The Bertz CT molecular complexity index is 414. The number of anilines is 1. The molecule has 0 aromatic carbocycles. The monoisotopic (exact) mass is 237 g/mol. The second-order valence-electron chi connectivity index (χ2n) is 4.60. The van der Waals surface area contributed by atoms with Gasteiger partial charge in [0.15, 0.2) is 5.69 Å². The van der Waals surface area contributed by atoms with E-state index >= 15 is 0 Å². The zero-order valence-corrected chi connectivity index (χ0v) is 10.3. The van der Waals surface area contributed by atoms with E-state index in [0.29, 0.717) is 24.0 Å². The molecule has 1 aliphatic rings. The largest absolute Gasteiger partial charge is 0.395 e. The molecule has 1 aromatic heterocycles. The number of amides is 1. The van der Waals surface area contributed by atoms with Crippen LogP contribution in [0.25, 0.3) is 0 Å². The van der Waals surface area contributed by atoms with Crippen LogP contribution in [0.2, 0.25) is 0 Å². The number of hydrogen-bond donors (Lipinski definition) is 3. The summed E-state index contributed by atoms with van der Waals surface area (Å²) in [5, 5.41) is 9.49. The molecule has 1 aromatic rings. The van der Waals surface area contributed by atoms with Gasteiger partial charge in [-0.15, -0.1) is 0 Å². The van der Waals surface area contributed by atoms with E-state index in [0.717, 1.165) is 18.7 Å². The molecule has 2 heterocycles. The van der Waals surface area contributed by atoms with Crippen LogP contribution in [0, 0.1) is 6.92 Å². The fourth-order valence-corrected chi connectivity index (χ4v) is 2.14. The van der Waals surface area contributed by atoms with Gasteiger partial charge >= 0.3 is 0 Å². The van der Waals surface area contributed by atoms with Crippen molar-refractivity contribution in [2.45, 2.75) is 25.8 Å². The summed E-state index contributed by atoms with van der Waals surface area (Å²) in [7, 11) is 2.08. The van der Waals surface area contributed by atoms with E-state index in [4.69, 9.17) is 5.73 Å². The number of nitrogens with zero attached hydrogens (tertiary/aromatic N) is 2. The van der Waals surface area contributed by atoms with Crippen LogP contribution < -0.4 is 11.1 Å². The maximum absolute atomic E-state index is 11.9. The number of likely N-dealkylation sites (N-methyl/N-ethyl adjacent to an activating group) is 1. The molecule has 1 aliphatic heterocycles. The highest BCUT2D eigenvalue weighted by Crippen LogP contribution is 2.15. The fraction of sp³-hybridized carbons (Fsp3) is 0.636. The van der Waals surface area contributed by atoms with Crippen LogP contribution in [0.3, 0.4) is 0 Å². The predicted molar refractivity (Wildman–Crippen MR) is 65.7 cm³/mol. The van der Waals surface area contributed by atoms with Gasteiger partial charge in [-0.25, -0.2) is 0 Å². The molecule has 0 aliphatic carbocycles. The third-order valence-corrected chi connectivity index (χ3v) is 3.38. The standard InChI is InChI=1S/C11H19N5O/c1-7-9(12)10(15-14-7)11(17)13-6-8-4-3-5-16(8)2/h8H,3-6,12H2,1-2H3,(H,13,17)(H,14,15). The Labute approximate surface area is 101 Å². The number of aryl methyl sites for hydroxylation is 1. The number of aromatic nitrogens is 2. The van der Waals surface area contributed by atoms with Crippen molar-refractivity contribution in [3.63, 3.8) is 0 Å². The Morgan fingerprint density at radius 1 is 1.71 bits per heavy atom. The summed E-state index contributed by atoms with van der Waals surface area (Å²) >= 11 is 0. The minimum absolute atomic E-state index is 0.202. The second kappa shape index (κ2) is 4.75. The lowest BCUT2D eigenvalue weighted by atomic mass is 10.2. The van der Waals surface area contributed by atoms with Gasteiger partial charge in [0.2, 0.25) is 0 Å². The number of nitrogens with one attached hydrogen (secondary N) is 2. The first-order valence-electron chi connectivity index (χ1n) is 5.88. The molecule has 6 heteroatoms. The molecule has 1 unspecified atom stereocenters. The van der Waals surface area contributed by atoms with Crippen molar-refractivity contribution in [1.82, 2.24) is 20.4 Å². The summed E-state index contributed by atoms with van der Waals surface area (Å²) in [6.07, 6.45) is 2.33. The molecule has 4 N–H and O–H groups in total. The Morgan fingerprint density at radius 3 is 3.00 bits per heavy atom. The van der Waals surface area contributed by atoms with Gasteiger partial charge in [0.25, 0.3) is 5.91 Å². The van der Waals surface area contributed by atoms with Crippen LogP contribution in [-0.2, 0) is 0 Å². The van der Waals surface area contributed by atoms with Gasteiger partial charge in [-0.2, -0.15) is 5.10 Å². The van der Waals surface area contributed by atoms with Gasteiger partial charge < -0.3 is 16.0 Å². The van der Waals surface area contributed by atoms with Gasteiger partial charge in [0, 0.05) is 12.6 Å². The molecule has 2 rings (SSSR count). The normalized spacial score (nSPS) is 20.7. The number of carbonyl (C=O) groups excluding carboxylic acids is 1. The molecule has 0 bridgehead atoms. The summed E-state index contributed by atoms with van der Waals surface area (Å²) in [6, 6.07) is 0.431. The van der Waals surface area contributed by atoms with Crippen molar-refractivity contribution >= 4 is 11.6 Å². The lowest BCUT2D eigenvalue weighted by Gasteiger charge is -2.19. The fourth-order valence-electron chi connectivity index (χ4n) is 2.14. The number of nitrogens with two attached hydrogens (primary N) is 1. The highest BCUT2D eigenvalue weighted by Gasteiger charge is 2.22. The van der Waals surface area contributed by atoms with Crippen LogP contribution in [-0.4, -0.2) is 47.2 Å². The number of hydrogen-bond acceptors (Lipinski definition) is 4. The minimum Gasteiger partial charge on any atom is -0.395 e. The van der Waals surface area contributed by atoms with E-state index in [1.54, 1.807) is 6.92 Å². The average Bonchev–Trinajstić information content (AvgIpc) is 2.84. The highest BCUT2D eigenvalue weighted by molar-refractivity contribution is 5.97.